The van der Waals surface area contributed by atoms with Crippen molar-refractivity contribution in [3.63, 3.8) is 0 Å². The standard InChI is InChI=1S/C56H90NO14P/c1-34(2)33-72(13,65)71-46-25-23-42(30-49(46)67-11)29-38(6)48-32-45(58)37(5)28-40(8)51(60)52(68-12)50(59)39(7)27-35(3)19-15-14-16-20-36(4)47(66-10)31-43-24-22-41(9)56(64,70-43)53(61)54(62)57-26-18-17-21-44(57)55(63)69-48/h14-16,19-20,28,34-35,37-39,41-44,46-49,51-52,60,64H,17-18,21-27,29-33H2,1-13H3/b16-14+,19-15+,36-20+,40-28+/t35-,37-,38-,39-,41-,42+,43+,44+,46-,47+,48+,49-,51-,52+,56-,72?/m1/s1. The van der Waals surface area contributed by atoms with Crippen LogP contribution in [0.25, 0.3) is 0 Å². The molecule has 3 aliphatic heterocycles. The largest absolute Gasteiger partial charge is 0.460 e. The minimum absolute atomic E-state index is 0.0103. The first kappa shape index (κ1) is 61.4. The van der Waals surface area contributed by atoms with E-state index in [9.17, 15) is 38.8 Å². The van der Waals surface area contributed by atoms with Crippen LogP contribution in [0.5, 0.6) is 0 Å². The smallest absolute Gasteiger partial charge is 0.329 e. The number of nitrogens with zero attached hydrogens (tertiary/aromatic N) is 1. The maximum atomic E-state index is 14.6. The van der Waals surface area contributed by atoms with Gasteiger partial charge in [0.1, 0.15) is 30.1 Å². The third-order valence-electron chi connectivity index (χ3n) is 15.5. The summed E-state index contributed by atoms with van der Waals surface area (Å²) in [5.41, 5.74) is 1.26. The Morgan fingerprint density at radius 3 is 2.21 bits per heavy atom. The molecular weight excluding hydrogens is 942 g/mol. The molecule has 0 aromatic heterocycles. The average molecular weight is 1030 g/mol. The zero-order valence-corrected chi connectivity index (χ0v) is 46.6. The highest BCUT2D eigenvalue weighted by Gasteiger charge is 2.53. The molecule has 16 atom stereocenters. The van der Waals surface area contributed by atoms with Gasteiger partial charge in [-0.05, 0) is 113 Å². The number of Topliss-reactive ketones (excluding diaryl/α,β-unsaturated/α-hetero) is 3. The number of amides is 1. The van der Waals surface area contributed by atoms with Crippen molar-refractivity contribution in [1.82, 2.24) is 4.90 Å². The minimum Gasteiger partial charge on any atom is -0.460 e. The second kappa shape index (κ2) is 28.1. The summed E-state index contributed by atoms with van der Waals surface area (Å²) in [6.45, 7) is 18.5. The molecule has 3 heterocycles. The lowest BCUT2D eigenvalue weighted by Crippen LogP contribution is -2.61. The summed E-state index contributed by atoms with van der Waals surface area (Å²) in [6, 6.07) is -1.16. The molecule has 2 bridgehead atoms. The Balaban J connectivity index is 1.70. The first-order chi connectivity index (χ1) is 33.9. The van der Waals surface area contributed by atoms with E-state index in [2.05, 4.69) is 0 Å². The summed E-state index contributed by atoms with van der Waals surface area (Å²) in [7, 11) is 1.70. The summed E-state index contributed by atoms with van der Waals surface area (Å²) in [6.07, 6.45) is 11.8. The SMILES string of the molecule is CO[C@H]1C[C@@H]2CC[C@@H](C)[C@@](O)(O2)C(=O)C(=O)N2CCCC[C@H]2C(=O)O[C@H]([C@H](C)C[C@@H]2CC[C@@H](OP(C)(=O)CC(C)C)[C@H](OC)C2)CC(=O)[C@H](C)/C=C(\C)[C@@H](O)[C@@H](OC)C(=O)[C@H](C)C[C@H](C)/C=C/C=C/C=C/1C. The van der Waals surface area contributed by atoms with Crippen molar-refractivity contribution in [2.75, 3.05) is 40.7 Å². The zero-order valence-electron chi connectivity index (χ0n) is 45.7. The van der Waals surface area contributed by atoms with Crippen molar-refractivity contribution in [3.8, 4) is 0 Å². The molecule has 2 saturated heterocycles. The molecule has 2 N–H and O–H groups in total. The molecule has 0 aromatic carbocycles. The average Bonchev–Trinajstić information content (AvgIpc) is 3.32. The van der Waals surface area contributed by atoms with E-state index in [-0.39, 0.29) is 66.8 Å². The van der Waals surface area contributed by atoms with Gasteiger partial charge in [-0.15, -0.1) is 0 Å². The molecule has 1 amide bonds. The van der Waals surface area contributed by atoms with Crippen LogP contribution in [0.2, 0.25) is 0 Å². The van der Waals surface area contributed by atoms with Gasteiger partial charge in [0.05, 0.1) is 24.4 Å². The van der Waals surface area contributed by atoms with Gasteiger partial charge < -0.3 is 43.3 Å². The molecule has 1 saturated carbocycles. The lowest BCUT2D eigenvalue weighted by molar-refractivity contribution is -0.265. The Morgan fingerprint density at radius 1 is 0.847 bits per heavy atom. The monoisotopic (exact) mass is 1030 g/mol. The number of fused-ring (bicyclic) bond motifs is 3. The van der Waals surface area contributed by atoms with Crippen molar-refractivity contribution in [2.45, 2.75) is 194 Å². The number of ether oxygens (including phenoxy) is 5. The number of cyclic esters (lactones) is 1. The van der Waals surface area contributed by atoms with Crippen LogP contribution < -0.4 is 0 Å². The predicted octanol–water partition coefficient (Wildman–Crippen LogP) is 8.77. The summed E-state index contributed by atoms with van der Waals surface area (Å²) < 4.78 is 49.5. The number of hydrogen-bond donors (Lipinski definition) is 2. The first-order valence-electron chi connectivity index (χ1n) is 26.6. The number of hydrogen-bond acceptors (Lipinski definition) is 14. The molecule has 16 heteroatoms. The predicted molar refractivity (Wildman–Crippen MR) is 277 cm³/mol. The Bertz CT molecular complexity index is 2010. The summed E-state index contributed by atoms with van der Waals surface area (Å²) in [4.78, 5) is 72.5. The van der Waals surface area contributed by atoms with Gasteiger partial charge in [-0.25, -0.2) is 4.79 Å². The molecule has 4 rings (SSSR count). The van der Waals surface area contributed by atoms with E-state index in [1.165, 1.54) is 12.0 Å². The normalized spacial score (nSPS) is 38.6. The Hall–Kier alpha value is -3.14. The van der Waals surface area contributed by atoms with Crippen LogP contribution in [0.1, 0.15) is 139 Å². The van der Waals surface area contributed by atoms with E-state index in [1.54, 1.807) is 47.7 Å². The third-order valence-corrected chi connectivity index (χ3v) is 17.6. The molecule has 15 nitrogen and oxygen atoms in total. The first-order valence-corrected chi connectivity index (χ1v) is 28.9. The van der Waals surface area contributed by atoms with Crippen LogP contribution in [0, 0.1) is 41.4 Å². The van der Waals surface area contributed by atoms with Gasteiger partial charge in [0, 0.05) is 71.3 Å². The summed E-state index contributed by atoms with van der Waals surface area (Å²) in [5.74, 6) is -7.92. The number of carbonyl (C=O) groups is 5. The van der Waals surface area contributed by atoms with Crippen molar-refractivity contribution in [2.24, 2.45) is 41.4 Å². The van der Waals surface area contributed by atoms with Gasteiger partial charge in [0.2, 0.25) is 13.2 Å². The van der Waals surface area contributed by atoms with Gasteiger partial charge in [-0.2, -0.15) is 0 Å². The fraction of sp³-hybridized carbons (Fsp3) is 0.768. The maximum Gasteiger partial charge on any atom is 0.329 e. The minimum atomic E-state index is -2.87. The number of methoxy groups -OCH3 is 3. The highest BCUT2D eigenvalue weighted by molar-refractivity contribution is 7.58. The van der Waals surface area contributed by atoms with Crippen LogP contribution in [0.3, 0.4) is 0 Å². The topological polar surface area (TPSA) is 201 Å². The molecule has 4 aliphatic rings. The molecule has 3 fully saturated rings. The number of allylic oxidation sites excluding steroid dienone is 6. The van der Waals surface area contributed by atoms with Crippen LogP contribution in [-0.2, 0) is 56.7 Å². The van der Waals surface area contributed by atoms with E-state index < -0.39 is 85.1 Å². The number of aliphatic hydroxyl groups excluding tert-OH is 1. The van der Waals surface area contributed by atoms with E-state index in [1.807, 2.05) is 71.9 Å². The summed E-state index contributed by atoms with van der Waals surface area (Å²) in [5, 5.41) is 23.5. The molecule has 72 heavy (non-hydrogen) atoms. The van der Waals surface area contributed by atoms with E-state index in [0.29, 0.717) is 69.5 Å². The molecule has 408 valence electrons. The van der Waals surface area contributed by atoms with Crippen LogP contribution in [-0.4, -0.2) is 140 Å². The number of esters is 1. The number of rotatable bonds is 10. The molecule has 0 aromatic rings. The Kier molecular flexibility index (Phi) is 24.0. The highest BCUT2D eigenvalue weighted by atomic mass is 31.2. The quantitative estimate of drug-likeness (QED) is 0.0910. The van der Waals surface area contributed by atoms with Gasteiger partial charge in [-0.1, -0.05) is 84.9 Å². The fourth-order valence-corrected chi connectivity index (χ4v) is 13.4. The van der Waals surface area contributed by atoms with E-state index in [0.717, 1.165) is 12.0 Å². The van der Waals surface area contributed by atoms with E-state index in [4.69, 9.17) is 28.2 Å². The second-order valence-corrected chi connectivity index (χ2v) is 24.9. The van der Waals surface area contributed by atoms with E-state index >= 15 is 0 Å². The molecule has 1 unspecified atom stereocenters. The van der Waals surface area contributed by atoms with Gasteiger partial charge >= 0.3 is 5.97 Å². The Labute approximate surface area is 430 Å². The lowest BCUT2D eigenvalue weighted by Gasteiger charge is -2.42. The van der Waals surface area contributed by atoms with Gasteiger partial charge in [0.15, 0.2) is 5.78 Å². The van der Waals surface area contributed by atoms with Crippen molar-refractivity contribution >= 4 is 36.6 Å². The van der Waals surface area contributed by atoms with Crippen LogP contribution in [0.15, 0.2) is 47.6 Å². The van der Waals surface area contributed by atoms with Crippen LogP contribution in [0.4, 0.5) is 0 Å². The van der Waals surface area contributed by atoms with Gasteiger partial charge in [0.25, 0.3) is 11.7 Å². The molecule has 0 radical (unpaired) electrons. The number of carbonyl (C=O) groups excluding carboxylic acids is 5. The molecule has 0 spiro atoms. The van der Waals surface area contributed by atoms with Crippen molar-refractivity contribution in [3.05, 3.63) is 47.6 Å². The maximum absolute atomic E-state index is 14.6. The summed E-state index contributed by atoms with van der Waals surface area (Å²) >= 11 is 0. The lowest BCUT2D eigenvalue weighted by atomic mass is 9.78. The zero-order chi connectivity index (χ0) is 53.7. The third kappa shape index (κ3) is 16.9. The molecule has 1 aliphatic carbocycles. The Morgan fingerprint density at radius 2 is 1.56 bits per heavy atom. The molecular formula is C56H90NO14P. The van der Waals surface area contributed by atoms with Gasteiger partial charge in [-0.3, -0.25) is 23.7 Å². The number of ketones is 3. The van der Waals surface area contributed by atoms with Crippen molar-refractivity contribution in [1.29, 1.82) is 0 Å². The van der Waals surface area contributed by atoms with Crippen molar-refractivity contribution < 1.29 is 67.0 Å². The number of piperidine rings is 1. The highest BCUT2D eigenvalue weighted by Crippen LogP contribution is 2.49. The number of aliphatic hydroxyl groups is 2. The van der Waals surface area contributed by atoms with Crippen LogP contribution >= 0.6 is 7.37 Å². The fourth-order valence-electron chi connectivity index (χ4n) is 11.2. The second-order valence-electron chi connectivity index (χ2n) is 22.3.